The van der Waals surface area contributed by atoms with E-state index in [-0.39, 0.29) is 12.2 Å². The Balaban J connectivity index is 2.23. The van der Waals surface area contributed by atoms with E-state index in [4.69, 9.17) is 16.3 Å². The zero-order chi connectivity index (χ0) is 22.8. The standard InChI is InChI=1S/C22H24ClN4O4/c1-5-22(29)26(27(3,30)15(2)28)21-14-20(16-6-8-17(23)9-7-16)25(24-21)18-10-12-19(31-4)13-11-18/h6-14,30H,5H2,1-4H3/q+1. The van der Waals surface area contributed by atoms with Crippen molar-refractivity contribution < 1.29 is 24.3 Å². The number of carbonyl (C=O) groups excluding carboxylic acids is 2. The quantitative estimate of drug-likeness (QED) is 0.362. The van der Waals surface area contributed by atoms with Crippen LogP contribution in [0.5, 0.6) is 5.75 Å². The molecule has 3 rings (SSSR count). The summed E-state index contributed by atoms with van der Waals surface area (Å²) in [5.41, 5.74) is 2.14. The number of amides is 2. The van der Waals surface area contributed by atoms with E-state index in [1.807, 2.05) is 24.3 Å². The molecule has 1 N–H and O–H groups in total. The minimum atomic E-state index is -1.27. The summed E-state index contributed by atoms with van der Waals surface area (Å²) >= 11 is 6.04. The third-order valence-corrected chi connectivity index (χ3v) is 5.15. The maximum Gasteiger partial charge on any atom is 0.367 e. The van der Waals surface area contributed by atoms with Crippen molar-refractivity contribution in [3.63, 3.8) is 0 Å². The Labute approximate surface area is 185 Å². The SMILES string of the molecule is CCC(=O)N(c1cc(-c2ccc(Cl)cc2)n(-c2ccc(OC)cc2)n1)[N+](C)(O)C(C)=O. The molecule has 3 aromatic rings. The molecular formula is C22H24ClN4O4+. The molecule has 162 valence electrons. The zero-order valence-electron chi connectivity index (χ0n) is 17.7. The molecule has 8 nitrogen and oxygen atoms in total. The van der Waals surface area contributed by atoms with Gasteiger partial charge in [0, 0.05) is 23.1 Å². The van der Waals surface area contributed by atoms with E-state index in [1.54, 1.807) is 49.0 Å². The molecule has 0 radical (unpaired) electrons. The molecule has 0 saturated carbocycles. The molecule has 1 heterocycles. The molecular weight excluding hydrogens is 420 g/mol. The molecule has 0 spiro atoms. The van der Waals surface area contributed by atoms with E-state index in [2.05, 4.69) is 5.10 Å². The number of hydrogen-bond acceptors (Lipinski definition) is 5. The largest absolute Gasteiger partial charge is 0.497 e. The van der Waals surface area contributed by atoms with Crippen molar-refractivity contribution in [3.8, 4) is 22.7 Å². The number of ether oxygens (including phenoxy) is 1. The highest BCUT2D eigenvalue weighted by atomic mass is 35.5. The number of methoxy groups -OCH3 is 1. The van der Waals surface area contributed by atoms with Gasteiger partial charge in [-0.05, 0) is 41.2 Å². The molecule has 0 aliphatic rings. The van der Waals surface area contributed by atoms with Gasteiger partial charge < -0.3 is 4.74 Å². The van der Waals surface area contributed by atoms with Crippen LogP contribution in [0.2, 0.25) is 5.02 Å². The predicted molar refractivity (Wildman–Crippen MR) is 117 cm³/mol. The summed E-state index contributed by atoms with van der Waals surface area (Å²) in [5, 5.41) is 16.9. The van der Waals surface area contributed by atoms with Crippen LogP contribution < -0.4 is 9.75 Å². The minimum absolute atomic E-state index is 0.0767. The number of hydrogen-bond donors (Lipinski definition) is 1. The number of halogens is 1. The van der Waals surface area contributed by atoms with Crippen LogP contribution in [0.15, 0.2) is 54.6 Å². The van der Waals surface area contributed by atoms with E-state index < -0.39 is 16.6 Å². The summed E-state index contributed by atoms with van der Waals surface area (Å²) in [6.45, 7) is 2.85. The fraction of sp³-hybridized carbons (Fsp3) is 0.227. The van der Waals surface area contributed by atoms with Crippen LogP contribution in [0, 0.1) is 0 Å². The normalized spacial score (nSPS) is 12.8. The van der Waals surface area contributed by atoms with E-state index in [1.165, 1.54) is 14.0 Å². The van der Waals surface area contributed by atoms with Crippen LogP contribution in [0.4, 0.5) is 5.82 Å². The van der Waals surface area contributed by atoms with Gasteiger partial charge >= 0.3 is 5.91 Å². The van der Waals surface area contributed by atoms with Crippen molar-refractivity contribution in [3.05, 3.63) is 59.6 Å². The summed E-state index contributed by atoms with van der Waals surface area (Å²) < 4.78 is 5.58. The number of carbonyl (C=O) groups is 2. The summed E-state index contributed by atoms with van der Waals surface area (Å²) in [7, 11) is 2.81. The molecule has 0 fully saturated rings. The maximum absolute atomic E-state index is 12.7. The van der Waals surface area contributed by atoms with Crippen LogP contribution in [-0.4, -0.2) is 45.7 Å². The molecule has 1 aromatic heterocycles. The highest BCUT2D eigenvalue weighted by molar-refractivity contribution is 6.30. The highest BCUT2D eigenvalue weighted by Gasteiger charge is 2.42. The first-order chi connectivity index (χ1) is 14.7. The van der Waals surface area contributed by atoms with Crippen molar-refractivity contribution in [1.29, 1.82) is 0 Å². The number of anilines is 1. The molecule has 0 aliphatic heterocycles. The van der Waals surface area contributed by atoms with Gasteiger partial charge in [-0.15, -0.1) is 5.10 Å². The topological polar surface area (TPSA) is 84.7 Å². The maximum atomic E-state index is 12.7. The lowest BCUT2D eigenvalue weighted by Gasteiger charge is -2.30. The average Bonchev–Trinajstić information content (AvgIpc) is 3.18. The molecule has 0 saturated heterocycles. The second-order valence-corrected chi connectivity index (χ2v) is 7.43. The Morgan fingerprint density at radius 3 is 2.29 bits per heavy atom. The number of benzene rings is 2. The Hall–Kier alpha value is -3.20. The highest BCUT2D eigenvalue weighted by Crippen LogP contribution is 2.31. The summed E-state index contributed by atoms with van der Waals surface area (Å²) in [5.74, 6) is -0.271. The van der Waals surface area contributed by atoms with Gasteiger partial charge in [0.15, 0.2) is 0 Å². The smallest absolute Gasteiger partial charge is 0.367 e. The first kappa shape index (κ1) is 22.5. The van der Waals surface area contributed by atoms with Gasteiger partial charge in [-0.1, -0.05) is 35.7 Å². The lowest BCUT2D eigenvalue weighted by atomic mass is 10.1. The average molecular weight is 444 g/mol. The number of nitrogens with zero attached hydrogens (tertiary/aromatic N) is 4. The molecule has 0 bridgehead atoms. The number of quaternary nitrogens is 1. The van der Waals surface area contributed by atoms with E-state index >= 15 is 0 Å². The van der Waals surface area contributed by atoms with Crippen molar-refractivity contribution in [2.24, 2.45) is 0 Å². The van der Waals surface area contributed by atoms with Crippen LogP contribution in [0.3, 0.4) is 0 Å². The van der Waals surface area contributed by atoms with Crippen molar-refractivity contribution in [2.75, 3.05) is 19.2 Å². The van der Waals surface area contributed by atoms with Gasteiger partial charge in [-0.3, -0.25) is 4.79 Å². The molecule has 31 heavy (non-hydrogen) atoms. The number of hydroxylamine groups is 2. The predicted octanol–water partition coefficient (Wildman–Crippen LogP) is 4.24. The molecule has 0 aliphatic carbocycles. The molecule has 1 unspecified atom stereocenters. The Morgan fingerprint density at radius 2 is 1.77 bits per heavy atom. The van der Waals surface area contributed by atoms with Crippen LogP contribution >= 0.6 is 11.6 Å². The second-order valence-electron chi connectivity index (χ2n) is 7.00. The zero-order valence-corrected chi connectivity index (χ0v) is 18.5. The third kappa shape index (κ3) is 4.46. The summed E-state index contributed by atoms with van der Waals surface area (Å²) in [6, 6.07) is 16.0. The van der Waals surface area contributed by atoms with Crippen LogP contribution in [0.25, 0.3) is 16.9 Å². The lowest BCUT2D eigenvalue weighted by molar-refractivity contribution is -1.02. The Kier molecular flexibility index (Phi) is 6.45. The van der Waals surface area contributed by atoms with Crippen molar-refractivity contribution in [1.82, 2.24) is 9.78 Å². The second kappa shape index (κ2) is 8.89. The minimum Gasteiger partial charge on any atom is -0.497 e. The third-order valence-electron chi connectivity index (χ3n) is 4.90. The van der Waals surface area contributed by atoms with Gasteiger partial charge in [-0.2, -0.15) is 5.21 Å². The Morgan fingerprint density at radius 1 is 1.16 bits per heavy atom. The molecule has 9 heteroatoms. The van der Waals surface area contributed by atoms with Gasteiger partial charge in [0.05, 0.1) is 25.4 Å². The lowest BCUT2D eigenvalue weighted by Crippen LogP contribution is -2.61. The van der Waals surface area contributed by atoms with E-state index in [9.17, 15) is 14.8 Å². The van der Waals surface area contributed by atoms with Crippen LogP contribution in [0.1, 0.15) is 20.3 Å². The summed E-state index contributed by atoms with van der Waals surface area (Å²) in [4.78, 5) is 24.8. The van der Waals surface area contributed by atoms with Gasteiger partial charge in [0.1, 0.15) is 12.8 Å². The fourth-order valence-electron chi connectivity index (χ4n) is 3.05. The molecule has 2 aromatic carbocycles. The van der Waals surface area contributed by atoms with E-state index in [0.717, 1.165) is 10.6 Å². The monoisotopic (exact) mass is 443 g/mol. The fourth-order valence-corrected chi connectivity index (χ4v) is 3.18. The molecule has 1 atom stereocenters. The van der Waals surface area contributed by atoms with Crippen molar-refractivity contribution in [2.45, 2.75) is 20.3 Å². The first-order valence-electron chi connectivity index (χ1n) is 9.63. The number of aromatic nitrogens is 2. The molecule has 2 amide bonds. The first-order valence-corrected chi connectivity index (χ1v) is 10.0. The van der Waals surface area contributed by atoms with Gasteiger partial charge in [0.2, 0.25) is 5.82 Å². The summed E-state index contributed by atoms with van der Waals surface area (Å²) in [6.07, 6.45) is 0.0767. The van der Waals surface area contributed by atoms with Gasteiger partial charge in [0.25, 0.3) is 5.91 Å². The van der Waals surface area contributed by atoms with Gasteiger partial charge in [-0.25, -0.2) is 9.48 Å². The Bertz CT molecular complexity index is 1090. The van der Waals surface area contributed by atoms with E-state index in [0.29, 0.717) is 22.2 Å². The van der Waals surface area contributed by atoms with Crippen molar-refractivity contribution >= 4 is 29.2 Å². The van der Waals surface area contributed by atoms with Crippen LogP contribution in [-0.2, 0) is 9.59 Å². The number of rotatable bonds is 5.